The van der Waals surface area contributed by atoms with E-state index in [2.05, 4.69) is 0 Å². The summed E-state index contributed by atoms with van der Waals surface area (Å²) in [6.45, 7) is 1.45. The van der Waals surface area contributed by atoms with Crippen molar-refractivity contribution < 1.29 is 9.00 Å². The van der Waals surface area contributed by atoms with Crippen LogP contribution in [0.2, 0.25) is 0 Å². The van der Waals surface area contributed by atoms with E-state index in [1.807, 2.05) is 0 Å². The Balaban J connectivity index is 2.48. The Bertz CT molecular complexity index is 190. The molecular weight excluding hydrogens is 198 g/mol. The normalized spacial score (nSPS) is 23.1. The largest absolute Gasteiger partial charge is 0.324 e. The van der Waals surface area contributed by atoms with Crippen LogP contribution >= 0.6 is 11.6 Å². The molecule has 0 aromatic carbocycles. The van der Waals surface area contributed by atoms with Crippen LogP contribution in [-0.2, 0) is 11.0 Å². The van der Waals surface area contributed by atoms with Crippen molar-refractivity contribution in [3.63, 3.8) is 0 Å². The molecule has 1 heterocycles. The van der Waals surface area contributed by atoms with Gasteiger partial charge >= 0.3 is 4.57 Å². The van der Waals surface area contributed by atoms with Crippen molar-refractivity contribution in [2.45, 2.75) is 25.7 Å². The Hall–Kier alpha value is 0.0700. The molecule has 0 aromatic heterocycles. The summed E-state index contributed by atoms with van der Waals surface area (Å²) in [6.07, 6.45) is 4.33. The van der Waals surface area contributed by atoms with Gasteiger partial charge < -0.3 is 0 Å². The van der Waals surface area contributed by atoms with E-state index in [9.17, 15) is 9.00 Å². The summed E-state index contributed by atoms with van der Waals surface area (Å²) < 4.78 is 12.1. The van der Waals surface area contributed by atoms with Crippen LogP contribution in [0.4, 0.5) is 4.79 Å². The fourth-order valence-electron chi connectivity index (χ4n) is 1.31. The second kappa shape index (κ2) is 4.94. The highest BCUT2D eigenvalue weighted by Crippen LogP contribution is 2.12. The van der Waals surface area contributed by atoms with Crippen LogP contribution in [0.1, 0.15) is 25.7 Å². The molecule has 0 saturated carbocycles. The second-order valence-corrected chi connectivity index (χ2v) is 4.78. The van der Waals surface area contributed by atoms with E-state index in [1.165, 1.54) is 0 Å². The molecule has 1 rings (SSSR count). The summed E-state index contributed by atoms with van der Waals surface area (Å²) >= 11 is 5.13. The summed E-state index contributed by atoms with van der Waals surface area (Å²) in [7, 11) is -1.61. The third-order valence-corrected chi connectivity index (χ3v) is 3.44. The molecule has 3 nitrogen and oxygen atoms in total. The zero-order valence-corrected chi connectivity index (χ0v) is 8.36. The second-order valence-electron chi connectivity index (χ2n) is 2.83. The van der Waals surface area contributed by atoms with Gasteiger partial charge in [0.1, 0.15) is 0 Å². The van der Waals surface area contributed by atoms with Crippen molar-refractivity contribution in [1.29, 1.82) is 0 Å². The lowest BCUT2D eigenvalue weighted by Gasteiger charge is -2.14. The molecule has 0 bridgehead atoms. The molecule has 5 heteroatoms. The van der Waals surface area contributed by atoms with Crippen molar-refractivity contribution in [3.8, 4) is 0 Å². The van der Waals surface area contributed by atoms with Crippen molar-refractivity contribution in [3.05, 3.63) is 0 Å². The zero-order valence-electron chi connectivity index (χ0n) is 6.79. The van der Waals surface area contributed by atoms with Crippen LogP contribution in [-0.4, -0.2) is 26.2 Å². The van der Waals surface area contributed by atoms with Crippen molar-refractivity contribution >= 4 is 27.2 Å². The van der Waals surface area contributed by atoms with Gasteiger partial charge in [0, 0.05) is 13.1 Å². The van der Waals surface area contributed by atoms with Crippen LogP contribution < -0.4 is 0 Å². The summed E-state index contributed by atoms with van der Waals surface area (Å²) in [4.78, 5) is 10.6. The van der Waals surface area contributed by atoms with E-state index in [0.717, 1.165) is 38.8 Å². The first-order chi connectivity index (χ1) is 5.72. The van der Waals surface area contributed by atoms with Crippen LogP contribution in [0.5, 0.6) is 0 Å². The van der Waals surface area contributed by atoms with Gasteiger partial charge in [-0.25, -0.2) is 8.51 Å². The number of rotatable bonds is 1. The molecule has 1 unspecified atom stereocenters. The van der Waals surface area contributed by atoms with Crippen LogP contribution in [0.15, 0.2) is 0 Å². The third kappa shape index (κ3) is 2.84. The van der Waals surface area contributed by atoms with E-state index in [1.54, 1.807) is 4.31 Å². The summed E-state index contributed by atoms with van der Waals surface area (Å²) in [6, 6.07) is 0. The molecular formula is C7H12ClNO2S. The first-order valence-electron chi connectivity index (χ1n) is 4.08. The number of halogens is 1. The smallest absolute Gasteiger partial charge is 0.264 e. The van der Waals surface area contributed by atoms with E-state index >= 15 is 0 Å². The fourth-order valence-corrected chi connectivity index (χ4v) is 2.39. The van der Waals surface area contributed by atoms with Gasteiger partial charge in [0.15, 0.2) is 11.0 Å². The van der Waals surface area contributed by atoms with Crippen molar-refractivity contribution in [1.82, 2.24) is 4.31 Å². The van der Waals surface area contributed by atoms with Crippen LogP contribution in [0, 0.1) is 0 Å². The first-order valence-corrected chi connectivity index (χ1v) is 5.56. The summed E-state index contributed by atoms with van der Waals surface area (Å²) in [5, 5.41) is 0. The van der Waals surface area contributed by atoms with Gasteiger partial charge in [-0.15, -0.1) is 0 Å². The minimum absolute atomic E-state index is 0.727. The number of hydrogen-bond donors (Lipinski definition) is 0. The van der Waals surface area contributed by atoms with Gasteiger partial charge in [-0.1, -0.05) is 12.8 Å². The average Bonchev–Trinajstić information content (AvgIpc) is 2.30. The van der Waals surface area contributed by atoms with E-state index < -0.39 is 15.6 Å². The fraction of sp³-hybridized carbons (Fsp3) is 0.857. The maximum Gasteiger partial charge on any atom is 0.324 e. The van der Waals surface area contributed by atoms with E-state index in [4.69, 9.17) is 11.6 Å². The quantitative estimate of drug-likeness (QED) is 0.619. The third-order valence-electron chi connectivity index (χ3n) is 1.94. The zero-order chi connectivity index (χ0) is 8.97. The van der Waals surface area contributed by atoms with Gasteiger partial charge in [-0.2, -0.15) is 0 Å². The number of nitrogens with zero attached hydrogens (tertiary/aromatic N) is 1. The Morgan fingerprint density at radius 3 is 2.08 bits per heavy atom. The van der Waals surface area contributed by atoms with Gasteiger partial charge in [-0.05, 0) is 24.4 Å². The highest BCUT2D eigenvalue weighted by atomic mass is 35.5. The first kappa shape index (κ1) is 10.2. The Labute approximate surface area is 79.7 Å². The molecule has 0 radical (unpaired) electrons. The Kier molecular flexibility index (Phi) is 4.18. The predicted molar refractivity (Wildman–Crippen MR) is 49.4 cm³/mol. The van der Waals surface area contributed by atoms with Gasteiger partial charge in [0.2, 0.25) is 0 Å². The number of carbonyl (C=O) groups excluding carboxylic acids is 1. The molecule has 1 fully saturated rings. The highest BCUT2D eigenvalue weighted by molar-refractivity contribution is 8.01. The molecule has 12 heavy (non-hydrogen) atoms. The monoisotopic (exact) mass is 209 g/mol. The molecule has 1 aliphatic rings. The highest BCUT2D eigenvalue weighted by Gasteiger charge is 2.19. The number of hydrogen-bond acceptors (Lipinski definition) is 2. The summed E-state index contributed by atoms with van der Waals surface area (Å²) in [5.74, 6) is 0. The molecule has 0 aliphatic carbocycles. The van der Waals surface area contributed by atoms with Gasteiger partial charge in [0.25, 0.3) is 0 Å². The maximum atomic E-state index is 11.2. The number of carbonyl (C=O) groups is 1. The van der Waals surface area contributed by atoms with Crippen LogP contribution in [0.25, 0.3) is 0 Å². The molecule has 70 valence electrons. The topological polar surface area (TPSA) is 37.4 Å². The molecule has 1 saturated heterocycles. The van der Waals surface area contributed by atoms with Gasteiger partial charge in [-0.3, -0.25) is 4.79 Å². The SMILES string of the molecule is O=C(Cl)S(=O)N1CCCCCC1. The van der Waals surface area contributed by atoms with Gasteiger partial charge in [0.05, 0.1) is 0 Å². The van der Waals surface area contributed by atoms with E-state index in [-0.39, 0.29) is 0 Å². The van der Waals surface area contributed by atoms with Crippen LogP contribution in [0.3, 0.4) is 0 Å². The lowest BCUT2D eigenvalue weighted by atomic mass is 10.2. The minimum Gasteiger partial charge on any atom is -0.264 e. The average molecular weight is 210 g/mol. The van der Waals surface area contributed by atoms with E-state index in [0.29, 0.717) is 0 Å². The molecule has 0 N–H and O–H groups in total. The molecule has 0 spiro atoms. The Morgan fingerprint density at radius 2 is 1.67 bits per heavy atom. The molecule has 0 amide bonds. The lowest BCUT2D eigenvalue weighted by Crippen LogP contribution is -2.29. The predicted octanol–water partition coefficient (Wildman–Crippen LogP) is 1.88. The standard InChI is InChI=1S/C7H12ClNO2S/c8-7(10)12(11)9-5-3-1-2-4-6-9/h1-6H2. The Morgan fingerprint density at radius 1 is 1.17 bits per heavy atom. The molecule has 1 atom stereocenters. The van der Waals surface area contributed by atoms with Crippen molar-refractivity contribution in [2.75, 3.05) is 13.1 Å². The molecule has 0 aromatic rings. The molecule has 1 aliphatic heterocycles. The lowest BCUT2D eigenvalue weighted by molar-refractivity contribution is 0.273. The minimum atomic E-state index is -1.61. The maximum absolute atomic E-state index is 11.2. The summed E-state index contributed by atoms with van der Waals surface area (Å²) in [5.41, 5.74) is 0. The van der Waals surface area contributed by atoms with Crippen molar-refractivity contribution in [2.24, 2.45) is 0 Å².